The van der Waals surface area contributed by atoms with E-state index in [4.69, 9.17) is 11.6 Å². The summed E-state index contributed by atoms with van der Waals surface area (Å²) in [5.74, 6) is 0.0345. The Kier molecular flexibility index (Phi) is 4.52. The summed E-state index contributed by atoms with van der Waals surface area (Å²) in [7, 11) is 0. The minimum atomic E-state index is -0.445. The number of pyridine rings is 1. The van der Waals surface area contributed by atoms with Crippen LogP contribution in [0.15, 0.2) is 65.6 Å². The molecule has 0 amide bonds. The Morgan fingerprint density at radius 1 is 1.04 bits per heavy atom. The van der Waals surface area contributed by atoms with Gasteiger partial charge in [-0.05, 0) is 40.6 Å². The van der Waals surface area contributed by atoms with Gasteiger partial charge in [0, 0.05) is 28.4 Å². The van der Waals surface area contributed by atoms with Crippen LogP contribution in [0.1, 0.15) is 5.56 Å². The van der Waals surface area contributed by atoms with Gasteiger partial charge in [-0.2, -0.15) is 5.21 Å². The maximum Gasteiger partial charge on any atom is 0.250 e. The lowest BCUT2D eigenvalue weighted by Crippen LogP contribution is -2.19. The molecule has 0 saturated carbocycles. The van der Waals surface area contributed by atoms with Crippen LogP contribution in [0.3, 0.4) is 0 Å². The Labute approximate surface area is 158 Å². The molecule has 0 unspecified atom stereocenters. The SMILES string of the molecule is O=c1ccc(-c2cccc(-c3nn[nH]n3)c2)cn1Cc1ccc(Cl)cc1F. The maximum absolute atomic E-state index is 14.1. The van der Waals surface area contributed by atoms with Gasteiger partial charge in [-0.1, -0.05) is 35.9 Å². The molecule has 0 bridgehead atoms. The third-order valence-corrected chi connectivity index (χ3v) is 4.37. The molecule has 0 aliphatic rings. The second-order valence-corrected chi connectivity index (χ2v) is 6.37. The highest BCUT2D eigenvalue weighted by Crippen LogP contribution is 2.24. The first-order chi connectivity index (χ1) is 13.1. The van der Waals surface area contributed by atoms with Gasteiger partial charge in [0.2, 0.25) is 5.82 Å². The van der Waals surface area contributed by atoms with Crippen molar-refractivity contribution in [3.8, 4) is 22.5 Å². The third kappa shape index (κ3) is 3.63. The molecule has 1 N–H and O–H groups in total. The topological polar surface area (TPSA) is 76.5 Å². The third-order valence-electron chi connectivity index (χ3n) is 4.14. The minimum Gasteiger partial charge on any atom is -0.310 e. The minimum absolute atomic E-state index is 0.111. The normalized spacial score (nSPS) is 10.9. The average molecular weight is 382 g/mol. The van der Waals surface area contributed by atoms with Gasteiger partial charge in [0.15, 0.2) is 0 Å². The van der Waals surface area contributed by atoms with E-state index >= 15 is 0 Å². The number of halogens is 2. The van der Waals surface area contributed by atoms with Crippen LogP contribution in [-0.4, -0.2) is 25.2 Å². The van der Waals surface area contributed by atoms with Crippen LogP contribution in [0.2, 0.25) is 5.02 Å². The van der Waals surface area contributed by atoms with E-state index in [1.165, 1.54) is 16.7 Å². The molecule has 0 fully saturated rings. The summed E-state index contributed by atoms with van der Waals surface area (Å²) in [6.45, 7) is 0.111. The van der Waals surface area contributed by atoms with Gasteiger partial charge in [0.1, 0.15) is 5.82 Å². The van der Waals surface area contributed by atoms with E-state index in [0.29, 0.717) is 16.4 Å². The van der Waals surface area contributed by atoms with Crippen molar-refractivity contribution in [2.45, 2.75) is 6.54 Å². The van der Waals surface area contributed by atoms with E-state index in [2.05, 4.69) is 20.6 Å². The number of tetrazole rings is 1. The van der Waals surface area contributed by atoms with Gasteiger partial charge in [-0.15, -0.1) is 10.2 Å². The van der Waals surface area contributed by atoms with E-state index in [9.17, 15) is 9.18 Å². The first-order valence-electron chi connectivity index (χ1n) is 8.09. The summed E-state index contributed by atoms with van der Waals surface area (Å²) in [5, 5.41) is 14.2. The number of nitrogens with one attached hydrogen (secondary N) is 1. The van der Waals surface area contributed by atoms with E-state index in [1.54, 1.807) is 24.4 Å². The van der Waals surface area contributed by atoms with Gasteiger partial charge in [0.05, 0.1) is 6.54 Å². The predicted octanol–water partition coefficient (Wildman–Crippen LogP) is 3.54. The number of aromatic nitrogens is 5. The number of benzene rings is 2. The molecular formula is C19H13ClFN5O. The molecule has 6 nitrogen and oxygen atoms in total. The van der Waals surface area contributed by atoms with Gasteiger partial charge in [-0.25, -0.2) is 4.39 Å². The molecule has 2 heterocycles. The lowest BCUT2D eigenvalue weighted by molar-refractivity contribution is 0.596. The van der Waals surface area contributed by atoms with E-state index in [-0.39, 0.29) is 12.1 Å². The summed E-state index contributed by atoms with van der Waals surface area (Å²) in [6, 6.07) is 15.2. The molecule has 8 heteroatoms. The van der Waals surface area contributed by atoms with Crippen molar-refractivity contribution in [1.82, 2.24) is 25.2 Å². The monoisotopic (exact) mass is 381 g/mol. The van der Waals surface area contributed by atoms with Crippen molar-refractivity contribution in [2.24, 2.45) is 0 Å². The molecule has 2 aromatic carbocycles. The molecule has 27 heavy (non-hydrogen) atoms. The van der Waals surface area contributed by atoms with Crippen LogP contribution in [-0.2, 0) is 6.54 Å². The summed E-state index contributed by atoms with van der Waals surface area (Å²) in [4.78, 5) is 12.2. The number of rotatable bonds is 4. The molecule has 0 aliphatic heterocycles. The summed E-state index contributed by atoms with van der Waals surface area (Å²) in [5.41, 5.74) is 2.65. The standard InChI is InChI=1S/C19H13ClFN5O/c20-16-6-4-15(17(21)9-16)11-26-10-14(5-7-18(26)27)12-2-1-3-13(8-12)19-22-24-25-23-19/h1-10H,11H2,(H,22,23,24,25). The number of hydrogen-bond acceptors (Lipinski definition) is 4. The highest BCUT2D eigenvalue weighted by molar-refractivity contribution is 6.30. The van der Waals surface area contributed by atoms with Crippen LogP contribution in [0.25, 0.3) is 22.5 Å². The fourth-order valence-electron chi connectivity index (χ4n) is 2.78. The van der Waals surface area contributed by atoms with Crippen molar-refractivity contribution in [1.29, 1.82) is 0 Å². The van der Waals surface area contributed by atoms with Crippen molar-refractivity contribution in [3.63, 3.8) is 0 Å². The number of H-pyrrole nitrogens is 1. The van der Waals surface area contributed by atoms with Crippen molar-refractivity contribution >= 4 is 11.6 Å². The zero-order chi connectivity index (χ0) is 18.8. The fraction of sp³-hybridized carbons (Fsp3) is 0.0526. The average Bonchev–Trinajstić information content (AvgIpc) is 3.20. The summed E-state index contributed by atoms with van der Waals surface area (Å²) >= 11 is 5.79. The molecule has 2 aromatic heterocycles. The van der Waals surface area contributed by atoms with Crippen LogP contribution >= 0.6 is 11.6 Å². The molecule has 0 radical (unpaired) electrons. The molecule has 0 saturated heterocycles. The quantitative estimate of drug-likeness (QED) is 0.586. The largest absolute Gasteiger partial charge is 0.310 e. The van der Waals surface area contributed by atoms with Gasteiger partial charge in [-0.3, -0.25) is 4.79 Å². The Hall–Kier alpha value is -3.32. The molecular weight excluding hydrogens is 369 g/mol. The lowest BCUT2D eigenvalue weighted by atomic mass is 10.0. The van der Waals surface area contributed by atoms with Crippen LogP contribution in [0.5, 0.6) is 0 Å². The number of aromatic amines is 1. The van der Waals surface area contributed by atoms with Crippen LogP contribution in [0.4, 0.5) is 4.39 Å². The Bertz CT molecular complexity index is 1160. The zero-order valence-corrected chi connectivity index (χ0v) is 14.7. The first kappa shape index (κ1) is 17.1. The van der Waals surface area contributed by atoms with Crippen LogP contribution < -0.4 is 5.56 Å². The van der Waals surface area contributed by atoms with Gasteiger partial charge >= 0.3 is 0 Å². The van der Waals surface area contributed by atoms with Crippen molar-refractivity contribution < 1.29 is 4.39 Å². The second kappa shape index (κ2) is 7.13. The molecule has 4 rings (SSSR count). The Morgan fingerprint density at radius 3 is 2.67 bits per heavy atom. The predicted molar refractivity (Wildman–Crippen MR) is 99.8 cm³/mol. The van der Waals surface area contributed by atoms with Gasteiger partial charge in [0.25, 0.3) is 5.56 Å². The Morgan fingerprint density at radius 2 is 1.89 bits per heavy atom. The lowest BCUT2D eigenvalue weighted by Gasteiger charge is -2.10. The second-order valence-electron chi connectivity index (χ2n) is 5.94. The van der Waals surface area contributed by atoms with Crippen molar-refractivity contribution in [3.05, 3.63) is 87.6 Å². The first-order valence-corrected chi connectivity index (χ1v) is 8.46. The maximum atomic E-state index is 14.1. The molecule has 0 spiro atoms. The molecule has 0 aliphatic carbocycles. The van der Waals surface area contributed by atoms with E-state index < -0.39 is 5.82 Å². The molecule has 0 atom stereocenters. The number of nitrogens with zero attached hydrogens (tertiary/aromatic N) is 4. The van der Waals surface area contributed by atoms with E-state index in [1.807, 2.05) is 24.3 Å². The summed E-state index contributed by atoms with van der Waals surface area (Å²) < 4.78 is 15.5. The highest BCUT2D eigenvalue weighted by Gasteiger charge is 2.09. The van der Waals surface area contributed by atoms with Gasteiger partial charge < -0.3 is 4.57 Å². The van der Waals surface area contributed by atoms with Crippen molar-refractivity contribution in [2.75, 3.05) is 0 Å². The fourth-order valence-corrected chi connectivity index (χ4v) is 2.94. The Balaban J connectivity index is 1.70. The molecule has 134 valence electrons. The van der Waals surface area contributed by atoms with E-state index in [0.717, 1.165) is 16.7 Å². The van der Waals surface area contributed by atoms with Crippen LogP contribution in [0, 0.1) is 5.82 Å². The summed E-state index contributed by atoms with van der Waals surface area (Å²) in [6.07, 6.45) is 1.70. The smallest absolute Gasteiger partial charge is 0.250 e. The highest BCUT2D eigenvalue weighted by atomic mass is 35.5. The number of hydrogen-bond donors (Lipinski definition) is 1. The molecule has 4 aromatic rings. The zero-order valence-electron chi connectivity index (χ0n) is 13.9.